The third kappa shape index (κ3) is 4.07. The Hall–Kier alpha value is -1.80. The predicted octanol–water partition coefficient (Wildman–Crippen LogP) is 4.10. The van der Waals surface area contributed by atoms with Crippen LogP contribution in [0.4, 0.5) is 19.0 Å². The summed E-state index contributed by atoms with van der Waals surface area (Å²) in [7, 11) is 0. The van der Waals surface area contributed by atoms with E-state index < -0.39 is 17.8 Å². The van der Waals surface area contributed by atoms with Gasteiger partial charge in [0.15, 0.2) is 0 Å². The van der Waals surface area contributed by atoms with Crippen LogP contribution in [0.5, 0.6) is 0 Å². The molecule has 9 heteroatoms. The number of nitrogens with zero attached hydrogens (tertiary/aromatic N) is 2. The highest BCUT2D eigenvalue weighted by Gasteiger charge is 2.35. The lowest BCUT2D eigenvalue weighted by molar-refractivity contribution is -0.137. The highest BCUT2D eigenvalue weighted by molar-refractivity contribution is 7.09. The van der Waals surface area contributed by atoms with Gasteiger partial charge in [-0.05, 0) is 30.4 Å². The van der Waals surface area contributed by atoms with Crippen molar-refractivity contribution in [2.75, 3.05) is 11.4 Å². The van der Waals surface area contributed by atoms with Crippen molar-refractivity contribution in [3.63, 3.8) is 0 Å². The van der Waals surface area contributed by atoms with Gasteiger partial charge in [-0.1, -0.05) is 17.7 Å². The lowest BCUT2D eigenvalue weighted by Crippen LogP contribution is -2.43. The number of anilines is 1. The minimum atomic E-state index is -4.50. The lowest BCUT2D eigenvalue weighted by atomic mass is 10.2. The van der Waals surface area contributed by atoms with Crippen molar-refractivity contribution in [2.45, 2.75) is 31.6 Å². The number of hydrogen-bond donors (Lipinski definition) is 1. The monoisotopic (exact) mass is 389 g/mol. The SMILES string of the molecule is O=C(NCc1cccs1)[C@@H]1CCCN1c1ncc(C(F)(F)F)cc1Cl. The molecule has 1 aliphatic rings. The number of thiophene rings is 1. The number of carbonyl (C=O) groups excluding carboxylic acids is 1. The van der Waals surface area contributed by atoms with E-state index in [1.54, 1.807) is 16.2 Å². The summed E-state index contributed by atoms with van der Waals surface area (Å²) < 4.78 is 38.2. The van der Waals surface area contributed by atoms with E-state index >= 15 is 0 Å². The third-order valence-corrected chi connectivity index (χ3v) is 5.15. The molecule has 1 atom stereocenters. The van der Waals surface area contributed by atoms with Gasteiger partial charge in [-0.15, -0.1) is 11.3 Å². The molecular weight excluding hydrogens is 375 g/mol. The van der Waals surface area contributed by atoms with Crippen molar-refractivity contribution in [1.82, 2.24) is 10.3 Å². The van der Waals surface area contributed by atoms with Crippen molar-refractivity contribution in [2.24, 2.45) is 0 Å². The number of amides is 1. The smallest absolute Gasteiger partial charge is 0.349 e. The molecule has 3 heterocycles. The second-order valence-corrected chi connectivity index (χ2v) is 7.12. The maximum atomic E-state index is 12.7. The molecule has 0 unspecified atom stereocenters. The number of carbonyl (C=O) groups is 1. The van der Waals surface area contributed by atoms with Crippen LogP contribution in [0.15, 0.2) is 29.8 Å². The van der Waals surface area contributed by atoms with Gasteiger partial charge in [-0.3, -0.25) is 4.79 Å². The molecule has 1 amide bonds. The van der Waals surface area contributed by atoms with Gasteiger partial charge in [0.1, 0.15) is 11.9 Å². The molecule has 1 fully saturated rings. The standard InChI is InChI=1S/C16H15ClF3N3OS/c17-12-7-10(16(18,19)20)8-21-14(12)23-5-1-4-13(23)15(24)22-9-11-3-2-6-25-11/h2-3,6-8,13H,1,4-5,9H2,(H,22,24)/t13-/m0/s1. The van der Waals surface area contributed by atoms with Crippen LogP contribution in [-0.2, 0) is 17.5 Å². The predicted molar refractivity (Wildman–Crippen MR) is 90.8 cm³/mol. The lowest BCUT2D eigenvalue weighted by Gasteiger charge is -2.26. The molecular formula is C16H15ClF3N3OS. The molecule has 2 aromatic rings. The van der Waals surface area contributed by atoms with Crippen LogP contribution < -0.4 is 10.2 Å². The topological polar surface area (TPSA) is 45.2 Å². The summed E-state index contributed by atoms with van der Waals surface area (Å²) >= 11 is 7.55. The molecule has 1 aliphatic heterocycles. The fourth-order valence-electron chi connectivity index (χ4n) is 2.80. The van der Waals surface area contributed by atoms with Crippen LogP contribution in [0.3, 0.4) is 0 Å². The van der Waals surface area contributed by atoms with Crippen LogP contribution in [0, 0.1) is 0 Å². The average Bonchev–Trinajstić information content (AvgIpc) is 3.23. The van der Waals surface area contributed by atoms with Crippen molar-refractivity contribution in [3.05, 3.63) is 45.2 Å². The van der Waals surface area contributed by atoms with Gasteiger partial charge in [0.05, 0.1) is 17.1 Å². The summed E-state index contributed by atoms with van der Waals surface area (Å²) in [5.41, 5.74) is -0.904. The highest BCUT2D eigenvalue weighted by Crippen LogP contribution is 2.35. The van der Waals surface area contributed by atoms with E-state index in [0.717, 1.165) is 23.6 Å². The van der Waals surface area contributed by atoms with Gasteiger partial charge < -0.3 is 10.2 Å². The Balaban J connectivity index is 1.73. The number of halogens is 4. The van der Waals surface area contributed by atoms with Gasteiger partial charge in [-0.25, -0.2) is 4.98 Å². The summed E-state index contributed by atoms with van der Waals surface area (Å²) in [4.78, 5) is 19.0. The third-order valence-electron chi connectivity index (χ3n) is 3.99. The van der Waals surface area contributed by atoms with Gasteiger partial charge >= 0.3 is 6.18 Å². The van der Waals surface area contributed by atoms with E-state index in [2.05, 4.69) is 10.3 Å². The van der Waals surface area contributed by atoms with Crippen molar-refractivity contribution >= 4 is 34.7 Å². The molecule has 1 saturated heterocycles. The van der Waals surface area contributed by atoms with Gasteiger partial charge in [0, 0.05) is 17.6 Å². The van der Waals surface area contributed by atoms with Crippen molar-refractivity contribution < 1.29 is 18.0 Å². The summed E-state index contributed by atoms with van der Waals surface area (Å²) in [5, 5.41) is 4.68. The zero-order valence-electron chi connectivity index (χ0n) is 13.0. The van der Waals surface area contributed by atoms with E-state index in [1.165, 1.54) is 0 Å². The molecule has 0 aliphatic carbocycles. The first-order valence-electron chi connectivity index (χ1n) is 7.66. The molecule has 0 bridgehead atoms. The maximum absolute atomic E-state index is 12.7. The van der Waals surface area contributed by atoms with Gasteiger partial charge in [-0.2, -0.15) is 13.2 Å². The molecule has 134 valence electrons. The largest absolute Gasteiger partial charge is 0.417 e. The van der Waals surface area contributed by atoms with Crippen LogP contribution in [-0.4, -0.2) is 23.5 Å². The first-order chi connectivity index (χ1) is 11.9. The summed E-state index contributed by atoms with van der Waals surface area (Å²) in [6, 6.07) is 4.19. The van der Waals surface area contributed by atoms with E-state index in [9.17, 15) is 18.0 Å². The first kappa shape index (κ1) is 18.0. The van der Waals surface area contributed by atoms with Crippen LogP contribution in [0.25, 0.3) is 0 Å². The molecule has 3 rings (SSSR count). The van der Waals surface area contributed by atoms with Crippen LogP contribution in [0.2, 0.25) is 5.02 Å². The quantitative estimate of drug-likeness (QED) is 0.856. The average molecular weight is 390 g/mol. The van der Waals surface area contributed by atoms with E-state index in [4.69, 9.17) is 11.6 Å². The zero-order valence-corrected chi connectivity index (χ0v) is 14.6. The Kier molecular flexibility index (Phi) is 5.19. The zero-order chi connectivity index (χ0) is 18.0. The Morgan fingerprint density at radius 3 is 2.92 bits per heavy atom. The second-order valence-electron chi connectivity index (χ2n) is 5.68. The summed E-state index contributed by atoms with van der Waals surface area (Å²) in [6.45, 7) is 0.949. The maximum Gasteiger partial charge on any atom is 0.417 e. The van der Waals surface area contributed by atoms with Gasteiger partial charge in [0.25, 0.3) is 0 Å². The fraction of sp³-hybridized carbons (Fsp3) is 0.375. The Morgan fingerprint density at radius 2 is 2.28 bits per heavy atom. The molecule has 0 aromatic carbocycles. The molecule has 4 nitrogen and oxygen atoms in total. The number of alkyl halides is 3. The number of hydrogen-bond acceptors (Lipinski definition) is 4. The Labute approximate surface area is 151 Å². The molecule has 2 aromatic heterocycles. The number of nitrogens with one attached hydrogen (secondary N) is 1. The molecule has 25 heavy (non-hydrogen) atoms. The summed E-state index contributed by atoms with van der Waals surface area (Å²) in [6.07, 6.45) is -2.40. The van der Waals surface area contributed by atoms with E-state index in [0.29, 0.717) is 19.5 Å². The van der Waals surface area contributed by atoms with Crippen molar-refractivity contribution in [3.8, 4) is 0 Å². The van der Waals surface area contributed by atoms with E-state index in [-0.39, 0.29) is 16.7 Å². The second kappa shape index (κ2) is 7.21. The van der Waals surface area contributed by atoms with Crippen LogP contribution in [0.1, 0.15) is 23.3 Å². The number of aromatic nitrogens is 1. The highest BCUT2D eigenvalue weighted by atomic mass is 35.5. The first-order valence-corrected chi connectivity index (χ1v) is 8.91. The molecule has 1 N–H and O–H groups in total. The Morgan fingerprint density at radius 1 is 1.48 bits per heavy atom. The summed E-state index contributed by atoms with van der Waals surface area (Å²) in [5.74, 6) is 0.0344. The normalized spacial score (nSPS) is 17.8. The van der Waals surface area contributed by atoms with Crippen molar-refractivity contribution in [1.29, 1.82) is 0 Å². The van der Waals surface area contributed by atoms with Gasteiger partial charge in [0.2, 0.25) is 5.91 Å². The molecule has 0 radical (unpaired) electrons. The molecule has 0 saturated carbocycles. The number of pyridine rings is 1. The fourth-order valence-corrected chi connectivity index (χ4v) is 3.71. The number of rotatable bonds is 4. The minimum Gasteiger partial charge on any atom is -0.349 e. The van der Waals surface area contributed by atoms with Crippen LogP contribution >= 0.6 is 22.9 Å². The molecule has 0 spiro atoms. The minimum absolute atomic E-state index is 0.104. The van der Waals surface area contributed by atoms with E-state index in [1.807, 2.05) is 17.5 Å². The Bertz CT molecular complexity index is 752.